The summed E-state index contributed by atoms with van der Waals surface area (Å²) in [5, 5.41) is 2.19. The Morgan fingerprint density at radius 2 is 1.83 bits per heavy atom. The number of carbonyl (C=O) groups is 3. The monoisotopic (exact) mass is 253 g/mol. The summed E-state index contributed by atoms with van der Waals surface area (Å²) in [4.78, 5) is 37.9. The average Bonchev–Trinajstić information content (AvgIpc) is 2.28. The fraction of sp³-hybridized carbons (Fsp3) is 0.750. The molecule has 0 bridgehead atoms. The van der Waals surface area contributed by atoms with Crippen molar-refractivity contribution in [2.75, 3.05) is 26.7 Å². The van der Waals surface area contributed by atoms with Gasteiger partial charge in [0.25, 0.3) is 0 Å². The number of hydrogen-bond acceptors (Lipinski definition) is 4. The average molecular weight is 253 g/mol. The molecule has 2 heterocycles. The maximum atomic E-state index is 11.7. The molecule has 2 fully saturated rings. The Kier molecular flexibility index (Phi) is 3.38. The Balaban J connectivity index is 2.02. The standard InChI is InChI=1S/C12H19N3O3/c1-12(3-5-14(2)6-4-12)8-15-10(17)7-9(16)13-11(15)18/h3-8H2,1-2H3,(H,13,16,18). The number of piperidine rings is 1. The molecule has 0 aliphatic carbocycles. The number of urea groups is 1. The number of hydrogen-bond donors (Lipinski definition) is 1. The molecule has 6 heteroatoms. The van der Waals surface area contributed by atoms with Crippen molar-refractivity contribution in [1.82, 2.24) is 15.1 Å². The van der Waals surface area contributed by atoms with E-state index < -0.39 is 11.9 Å². The maximum Gasteiger partial charge on any atom is 0.330 e. The van der Waals surface area contributed by atoms with Crippen molar-refractivity contribution in [2.24, 2.45) is 5.41 Å². The molecule has 2 aliphatic rings. The maximum absolute atomic E-state index is 11.7. The van der Waals surface area contributed by atoms with E-state index in [4.69, 9.17) is 0 Å². The van der Waals surface area contributed by atoms with Crippen molar-refractivity contribution in [3.8, 4) is 0 Å². The van der Waals surface area contributed by atoms with Gasteiger partial charge in [-0.15, -0.1) is 0 Å². The zero-order chi connectivity index (χ0) is 13.3. The Labute approximate surface area is 106 Å². The number of amides is 4. The third kappa shape index (κ3) is 2.69. The second-order valence-electron chi connectivity index (χ2n) is 5.62. The molecule has 100 valence electrons. The number of imide groups is 2. The number of likely N-dealkylation sites (tertiary alicyclic amines) is 1. The Morgan fingerprint density at radius 1 is 1.22 bits per heavy atom. The first-order chi connectivity index (χ1) is 8.39. The molecular weight excluding hydrogens is 234 g/mol. The first kappa shape index (κ1) is 13.0. The molecule has 0 aromatic heterocycles. The Bertz CT molecular complexity index is 366. The first-order valence-corrected chi connectivity index (χ1v) is 6.22. The quantitative estimate of drug-likeness (QED) is 0.713. The Hall–Kier alpha value is -1.43. The normalized spacial score (nSPS) is 25.2. The van der Waals surface area contributed by atoms with Crippen LogP contribution in [0.4, 0.5) is 4.79 Å². The van der Waals surface area contributed by atoms with Crippen molar-refractivity contribution in [1.29, 1.82) is 0 Å². The highest BCUT2D eigenvalue weighted by Gasteiger charge is 2.38. The fourth-order valence-corrected chi connectivity index (χ4v) is 2.44. The molecule has 0 atom stereocenters. The second-order valence-corrected chi connectivity index (χ2v) is 5.62. The number of nitrogens with zero attached hydrogens (tertiary/aromatic N) is 2. The lowest BCUT2D eigenvalue weighted by Crippen LogP contribution is -2.56. The molecule has 18 heavy (non-hydrogen) atoms. The summed E-state index contributed by atoms with van der Waals surface area (Å²) in [5.74, 6) is -0.890. The van der Waals surface area contributed by atoms with Crippen LogP contribution >= 0.6 is 0 Å². The molecule has 0 spiro atoms. The van der Waals surface area contributed by atoms with Gasteiger partial charge in [0.15, 0.2) is 0 Å². The van der Waals surface area contributed by atoms with Crippen molar-refractivity contribution in [2.45, 2.75) is 26.2 Å². The lowest BCUT2D eigenvalue weighted by Gasteiger charge is -2.41. The van der Waals surface area contributed by atoms with E-state index in [-0.39, 0.29) is 17.7 Å². The van der Waals surface area contributed by atoms with Crippen LogP contribution in [-0.4, -0.2) is 54.3 Å². The van der Waals surface area contributed by atoms with E-state index in [9.17, 15) is 14.4 Å². The molecular formula is C12H19N3O3. The van der Waals surface area contributed by atoms with Gasteiger partial charge in [-0.05, 0) is 38.4 Å². The van der Waals surface area contributed by atoms with E-state index in [0.29, 0.717) is 6.54 Å². The van der Waals surface area contributed by atoms with Crippen molar-refractivity contribution >= 4 is 17.8 Å². The van der Waals surface area contributed by atoms with E-state index >= 15 is 0 Å². The highest BCUT2D eigenvalue weighted by Crippen LogP contribution is 2.31. The summed E-state index contributed by atoms with van der Waals surface area (Å²) >= 11 is 0. The number of rotatable bonds is 2. The second kappa shape index (κ2) is 4.68. The van der Waals surface area contributed by atoms with Crippen LogP contribution in [0.5, 0.6) is 0 Å². The molecule has 0 aromatic carbocycles. The molecule has 0 radical (unpaired) electrons. The number of nitrogens with one attached hydrogen (secondary N) is 1. The predicted octanol–water partition coefficient (Wildman–Crippen LogP) is 0.187. The van der Waals surface area contributed by atoms with Crippen LogP contribution < -0.4 is 5.32 Å². The highest BCUT2D eigenvalue weighted by atomic mass is 16.2. The summed E-state index contributed by atoms with van der Waals surface area (Å²) < 4.78 is 0. The molecule has 0 aromatic rings. The smallest absolute Gasteiger partial charge is 0.306 e. The molecule has 4 amide bonds. The topological polar surface area (TPSA) is 69.7 Å². The summed E-state index contributed by atoms with van der Waals surface area (Å²) in [5.41, 5.74) is -0.0418. The Morgan fingerprint density at radius 3 is 2.39 bits per heavy atom. The summed E-state index contributed by atoms with van der Waals surface area (Å²) in [6.07, 6.45) is 1.69. The molecule has 1 N–H and O–H groups in total. The molecule has 2 rings (SSSR count). The number of barbiturate groups is 1. The van der Waals surface area contributed by atoms with Gasteiger partial charge in [0, 0.05) is 6.54 Å². The van der Waals surface area contributed by atoms with E-state index in [0.717, 1.165) is 25.9 Å². The minimum absolute atomic E-state index is 0.0418. The minimum atomic E-state index is -0.573. The first-order valence-electron chi connectivity index (χ1n) is 6.22. The van der Waals surface area contributed by atoms with Gasteiger partial charge in [0.1, 0.15) is 6.42 Å². The largest absolute Gasteiger partial charge is 0.330 e. The van der Waals surface area contributed by atoms with Gasteiger partial charge in [0.2, 0.25) is 11.8 Å². The van der Waals surface area contributed by atoms with Crippen LogP contribution in [0.3, 0.4) is 0 Å². The van der Waals surface area contributed by atoms with E-state index in [1.165, 1.54) is 4.90 Å². The molecule has 0 saturated carbocycles. The SMILES string of the molecule is CN1CCC(C)(CN2C(=O)CC(=O)NC2=O)CC1. The lowest BCUT2D eigenvalue weighted by molar-refractivity contribution is -0.137. The fourth-order valence-electron chi connectivity index (χ4n) is 2.44. The van der Waals surface area contributed by atoms with Gasteiger partial charge < -0.3 is 4.90 Å². The molecule has 6 nitrogen and oxygen atoms in total. The summed E-state index contributed by atoms with van der Waals surface area (Å²) in [6.45, 7) is 4.44. The highest BCUT2D eigenvalue weighted by molar-refractivity contribution is 6.14. The van der Waals surface area contributed by atoms with E-state index in [1.807, 2.05) is 0 Å². The van der Waals surface area contributed by atoms with Crippen molar-refractivity contribution < 1.29 is 14.4 Å². The summed E-state index contributed by atoms with van der Waals surface area (Å²) in [7, 11) is 2.07. The molecule has 2 saturated heterocycles. The van der Waals surface area contributed by atoms with Gasteiger partial charge in [0.05, 0.1) is 0 Å². The van der Waals surface area contributed by atoms with Crippen LogP contribution in [0.15, 0.2) is 0 Å². The van der Waals surface area contributed by atoms with Crippen LogP contribution in [0.1, 0.15) is 26.2 Å². The predicted molar refractivity (Wildman–Crippen MR) is 64.7 cm³/mol. The van der Waals surface area contributed by atoms with E-state index in [1.54, 1.807) is 0 Å². The minimum Gasteiger partial charge on any atom is -0.306 e. The number of carbonyl (C=O) groups excluding carboxylic acids is 3. The zero-order valence-corrected chi connectivity index (χ0v) is 10.9. The van der Waals surface area contributed by atoms with E-state index in [2.05, 4.69) is 24.2 Å². The summed E-state index contributed by atoms with van der Waals surface area (Å²) in [6, 6.07) is -0.573. The molecule has 0 unspecified atom stereocenters. The molecule has 2 aliphatic heterocycles. The van der Waals surface area contributed by atoms with Crippen LogP contribution in [-0.2, 0) is 9.59 Å². The van der Waals surface area contributed by atoms with Gasteiger partial charge in [-0.2, -0.15) is 0 Å². The van der Waals surface area contributed by atoms with Gasteiger partial charge >= 0.3 is 6.03 Å². The van der Waals surface area contributed by atoms with Gasteiger partial charge in [-0.3, -0.25) is 19.8 Å². The lowest BCUT2D eigenvalue weighted by atomic mass is 9.80. The third-order valence-electron chi connectivity index (χ3n) is 3.84. The van der Waals surface area contributed by atoms with Gasteiger partial charge in [-0.25, -0.2) is 4.79 Å². The van der Waals surface area contributed by atoms with Gasteiger partial charge in [-0.1, -0.05) is 6.92 Å². The van der Waals surface area contributed by atoms with Crippen LogP contribution in [0.2, 0.25) is 0 Å². The van der Waals surface area contributed by atoms with Crippen LogP contribution in [0, 0.1) is 5.41 Å². The van der Waals surface area contributed by atoms with Crippen molar-refractivity contribution in [3.63, 3.8) is 0 Å². The zero-order valence-electron chi connectivity index (χ0n) is 10.9. The van der Waals surface area contributed by atoms with Crippen molar-refractivity contribution in [3.05, 3.63) is 0 Å². The van der Waals surface area contributed by atoms with Crippen LogP contribution in [0.25, 0.3) is 0 Å². The third-order valence-corrected chi connectivity index (χ3v) is 3.84.